The fourth-order valence-electron chi connectivity index (χ4n) is 2.86. The summed E-state index contributed by atoms with van der Waals surface area (Å²) in [4.78, 5) is 25.6. The van der Waals surface area contributed by atoms with Crippen LogP contribution >= 0.6 is 23.2 Å². The molecule has 0 aliphatic carbocycles. The fourth-order valence-corrected chi connectivity index (χ4v) is 3.33. The number of hydrogen-bond donors (Lipinski definition) is 3. The number of halogens is 2. The van der Waals surface area contributed by atoms with Crippen molar-refractivity contribution in [2.75, 3.05) is 18.9 Å². The number of carbonyl (C=O) groups is 2. The number of para-hydroxylation sites is 1. The molecule has 1 unspecified atom stereocenters. The fraction of sp³-hybridized carbons (Fsp3) is 0.333. The molecule has 150 valence electrons. The predicted molar refractivity (Wildman–Crippen MR) is 114 cm³/mol. The molecular weight excluding hydrogens is 397 g/mol. The zero-order valence-corrected chi connectivity index (χ0v) is 18.0. The molecule has 3 N–H and O–H groups in total. The van der Waals surface area contributed by atoms with E-state index in [4.69, 9.17) is 23.2 Å². The maximum absolute atomic E-state index is 12.4. The van der Waals surface area contributed by atoms with Gasteiger partial charge in [-0.25, -0.2) is 0 Å². The quantitative estimate of drug-likeness (QED) is 0.642. The smallest absolute Gasteiger partial charge is 0.278 e. The van der Waals surface area contributed by atoms with Crippen molar-refractivity contribution >= 4 is 40.7 Å². The standard InChI is InChI=1S/C21H25Cl2N3O2/c1-13-6-5-7-14(2)20(13)25-19(27)11-24-21(28)15(3)26(4)12-16-8-9-17(22)10-18(16)23/h5-10,15H,11-12H2,1-4H3,(H,24,28)(H,25,27)/p+1/t15-/m0/s1. The van der Waals surface area contributed by atoms with Gasteiger partial charge in [0.05, 0.1) is 18.6 Å². The van der Waals surface area contributed by atoms with Gasteiger partial charge in [0, 0.05) is 16.3 Å². The SMILES string of the molecule is Cc1cccc(C)c1NC(=O)CNC(=O)[C@H](C)[NH+](C)Cc1ccc(Cl)cc1Cl. The van der Waals surface area contributed by atoms with Crippen LogP contribution in [0.15, 0.2) is 36.4 Å². The first-order valence-electron chi connectivity index (χ1n) is 9.09. The summed E-state index contributed by atoms with van der Waals surface area (Å²) in [6.45, 7) is 6.18. The molecule has 0 saturated carbocycles. The second-order valence-corrected chi connectivity index (χ2v) is 7.86. The van der Waals surface area contributed by atoms with Crippen molar-refractivity contribution in [3.05, 3.63) is 63.1 Å². The van der Waals surface area contributed by atoms with E-state index < -0.39 is 0 Å². The van der Waals surface area contributed by atoms with Crippen LogP contribution in [0.25, 0.3) is 0 Å². The Morgan fingerprint density at radius 1 is 1.11 bits per heavy atom. The largest absolute Gasteiger partial charge is 0.342 e. The van der Waals surface area contributed by atoms with Crippen LogP contribution in [0.1, 0.15) is 23.6 Å². The van der Waals surface area contributed by atoms with Crippen LogP contribution in [0.3, 0.4) is 0 Å². The molecule has 7 heteroatoms. The van der Waals surface area contributed by atoms with Crippen molar-refractivity contribution in [1.82, 2.24) is 5.32 Å². The molecule has 0 spiro atoms. The molecule has 2 amide bonds. The molecule has 2 aromatic carbocycles. The van der Waals surface area contributed by atoms with Gasteiger partial charge in [-0.3, -0.25) is 9.59 Å². The molecule has 0 aromatic heterocycles. The molecule has 2 aromatic rings. The summed E-state index contributed by atoms with van der Waals surface area (Å²) >= 11 is 12.1. The summed E-state index contributed by atoms with van der Waals surface area (Å²) in [5.74, 6) is -0.449. The van der Waals surface area contributed by atoms with E-state index in [1.165, 1.54) is 0 Å². The molecule has 0 aliphatic heterocycles. The maximum atomic E-state index is 12.4. The van der Waals surface area contributed by atoms with Crippen LogP contribution in [0.5, 0.6) is 0 Å². The van der Waals surface area contributed by atoms with Crippen LogP contribution in [-0.4, -0.2) is 31.4 Å². The van der Waals surface area contributed by atoms with Gasteiger partial charge in [-0.05, 0) is 44.0 Å². The minimum atomic E-state index is -0.347. The van der Waals surface area contributed by atoms with E-state index in [0.717, 1.165) is 27.3 Å². The van der Waals surface area contributed by atoms with Crippen molar-refractivity contribution in [3.8, 4) is 0 Å². The highest BCUT2D eigenvalue weighted by atomic mass is 35.5. The Hall–Kier alpha value is -2.08. The minimum Gasteiger partial charge on any atom is -0.342 e. The van der Waals surface area contributed by atoms with Crippen molar-refractivity contribution < 1.29 is 14.5 Å². The lowest BCUT2D eigenvalue weighted by molar-refractivity contribution is -0.908. The van der Waals surface area contributed by atoms with E-state index in [1.54, 1.807) is 12.1 Å². The Kier molecular flexibility index (Phi) is 7.87. The highest BCUT2D eigenvalue weighted by molar-refractivity contribution is 6.35. The van der Waals surface area contributed by atoms with Crippen molar-refractivity contribution in [1.29, 1.82) is 0 Å². The van der Waals surface area contributed by atoms with Crippen molar-refractivity contribution in [2.24, 2.45) is 0 Å². The number of rotatable bonds is 7. The molecule has 0 bridgehead atoms. The van der Waals surface area contributed by atoms with Gasteiger partial charge < -0.3 is 15.5 Å². The molecule has 0 heterocycles. The second kappa shape index (κ2) is 9.92. The van der Waals surface area contributed by atoms with Crippen LogP contribution in [-0.2, 0) is 16.1 Å². The zero-order chi connectivity index (χ0) is 20.8. The van der Waals surface area contributed by atoms with Gasteiger partial charge in [0.25, 0.3) is 5.91 Å². The molecule has 0 aliphatic rings. The third-order valence-corrected chi connectivity index (χ3v) is 5.37. The van der Waals surface area contributed by atoms with E-state index in [-0.39, 0.29) is 24.4 Å². The lowest BCUT2D eigenvalue weighted by Gasteiger charge is -2.21. The molecule has 0 fully saturated rings. The summed E-state index contributed by atoms with van der Waals surface area (Å²) in [5.41, 5.74) is 3.67. The van der Waals surface area contributed by atoms with Crippen molar-refractivity contribution in [3.63, 3.8) is 0 Å². The predicted octanol–water partition coefficient (Wildman–Crippen LogP) is 2.77. The van der Waals surface area contributed by atoms with Crippen LogP contribution < -0.4 is 15.5 Å². The van der Waals surface area contributed by atoms with E-state index in [9.17, 15) is 9.59 Å². The summed E-state index contributed by atoms with van der Waals surface area (Å²) < 4.78 is 0. The molecule has 2 atom stereocenters. The van der Waals surface area contributed by atoms with E-state index in [0.29, 0.717) is 16.6 Å². The third kappa shape index (κ3) is 5.96. The highest BCUT2D eigenvalue weighted by Gasteiger charge is 2.23. The minimum absolute atomic E-state index is 0.0775. The first kappa shape index (κ1) is 22.2. The van der Waals surface area contributed by atoms with Gasteiger partial charge in [-0.1, -0.05) is 47.5 Å². The van der Waals surface area contributed by atoms with Gasteiger partial charge >= 0.3 is 0 Å². The normalized spacial score (nSPS) is 12.9. The number of carbonyl (C=O) groups excluding carboxylic acids is 2. The van der Waals surface area contributed by atoms with Crippen LogP contribution in [0.4, 0.5) is 5.69 Å². The Morgan fingerprint density at radius 2 is 1.75 bits per heavy atom. The van der Waals surface area contributed by atoms with Gasteiger partial charge in [-0.15, -0.1) is 0 Å². The Balaban J connectivity index is 1.88. The number of quaternary nitrogens is 1. The topological polar surface area (TPSA) is 62.6 Å². The Morgan fingerprint density at radius 3 is 2.36 bits per heavy atom. The highest BCUT2D eigenvalue weighted by Crippen LogP contribution is 2.20. The Labute approximate surface area is 176 Å². The zero-order valence-electron chi connectivity index (χ0n) is 16.5. The van der Waals surface area contributed by atoms with Crippen molar-refractivity contribution in [2.45, 2.75) is 33.4 Å². The first-order valence-corrected chi connectivity index (χ1v) is 9.84. The number of likely N-dealkylation sites (N-methyl/N-ethyl adjacent to an activating group) is 1. The van der Waals surface area contributed by atoms with Gasteiger partial charge in [0.2, 0.25) is 5.91 Å². The summed E-state index contributed by atoms with van der Waals surface area (Å²) in [6, 6.07) is 10.8. The first-order chi connectivity index (χ1) is 13.2. The van der Waals surface area contributed by atoms with E-state index in [1.807, 2.05) is 52.1 Å². The molecule has 2 rings (SSSR count). The molecule has 28 heavy (non-hydrogen) atoms. The lowest BCUT2D eigenvalue weighted by Crippen LogP contribution is -3.12. The average Bonchev–Trinajstić information content (AvgIpc) is 2.64. The average molecular weight is 423 g/mol. The summed E-state index contributed by atoms with van der Waals surface area (Å²) in [6.07, 6.45) is 0. The van der Waals surface area contributed by atoms with Gasteiger partial charge in [-0.2, -0.15) is 0 Å². The second-order valence-electron chi connectivity index (χ2n) is 7.01. The number of nitrogens with one attached hydrogen (secondary N) is 3. The van der Waals surface area contributed by atoms with E-state index >= 15 is 0 Å². The molecule has 0 saturated heterocycles. The van der Waals surface area contributed by atoms with Crippen LogP contribution in [0, 0.1) is 13.8 Å². The molecule has 0 radical (unpaired) electrons. The number of amides is 2. The number of anilines is 1. The summed E-state index contributed by atoms with van der Waals surface area (Å²) in [5, 5.41) is 6.72. The number of hydrogen-bond acceptors (Lipinski definition) is 2. The number of benzene rings is 2. The lowest BCUT2D eigenvalue weighted by atomic mass is 10.1. The maximum Gasteiger partial charge on any atom is 0.278 e. The van der Waals surface area contributed by atoms with Gasteiger partial charge in [0.1, 0.15) is 6.54 Å². The summed E-state index contributed by atoms with van der Waals surface area (Å²) in [7, 11) is 1.91. The van der Waals surface area contributed by atoms with Gasteiger partial charge in [0.15, 0.2) is 6.04 Å². The molecular formula is C21H26Cl2N3O2+. The monoisotopic (exact) mass is 422 g/mol. The van der Waals surface area contributed by atoms with E-state index in [2.05, 4.69) is 10.6 Å². The molecule has 5 nitrogen and oxygen atoms in total. The Bertz CT molecular complexity index is 850. The third-order valence-electron chi connectivity index (χ3n) is 4.79. The number of aryl methyl sites for hydroxylation is 2. The van der Waals surface area contributed by atoms with Crippen LogP contribution in [0.2, 0.25) is 10.0 Å².